The first-order chi connectivity index (χ1) is 18.2. The number of hydrogen-bond acceptors (Lipinski definition) is 11. The van der Waals surface area contributed by atoms with Gasteiger partial charge in [0.15, 0.2) is 34.9 Å². The summed E-state index contributed by atoms with van der Waals surface area (Å²) in [5.74, 6) is -0.503. The lowest BCUT2D eigenvalue weighted by Crippen LogP contribution is -2.29. The summed E-state index contributed by atoms with van der Waals surface area (Å²) in [5, 5.41) is 50.6. The highest BCUT2D eigenvalue weighted by Crippen LogP contribution is 2.46. The van der Waals surface area contributed by atoms with Crippen molar-refractivity contribution >= 4 is 5.78 Å². The van der Waals surface area contributed by atoms with Crippen LogP contribution in [0.25, 0.3) is 0 Å². The Hall–Kier alpha value is -4.35. The summed E-state index contributed by atoms with van der Waals surface area (Å²) in [7, 11) is 4.15. The minimum atomic E-state index is -1.32. The van der Waals surface area contributed by atoms with E-state index in [-0.39, 0.29) is 63.8 Å². The fraction of sp³-hybridized carbons (Fsp3) is 0.296. The molecule has 1 heterocycles. The van der Waals surface area contributed by atoms with Gasteiger partial charge >= 0.3 is 0 Å². The number of Topliss-reactive ketones (excluding diaryl/α,β-unsaturated/α-hetero) is 1. The van der Waals surface area contributed by atoms with E-state index in [2.05, 4.69) is 0 Å². The lowest BCUT2D eigenvalue weighted by atomic mass is 9.95. The molecule has 0 aromatic heterocycles. The highest BCUT2D eigenvalue weighted by molar-refractivity contribution is 6.02. The molecule has 1 aliphatic rings. The molecule has 4 rings (SSSR count). The number of carbonyl (C=O) groups is 1. The zero-order valence-corrected chi connectivity index (χ0v) is 20.9. The van der Waals surface area contributed by atoms with Gasteiger partial charge in [0.1, 0.15) is 35.0 Å². The number of rotatable bonds is 9. The molecule has 11 nitrogen and oxygen atoms in total. The third-order valence-corrected chi connectivity index (χ3v) is 6.19. The van der Waals surface area contributed by atoms with E-state index in [9.17, 15) is 30.3 Å². The minimum Gasteiger partial charge on any atom is -0.508 e. The molecule has 0 spiro atoms. The first-order valence-corrected chi connectivity index (χ1v) is 11.5. The van der Waals surface area contributed by atoms with Crippen LogP contribution >= 0.6 is 0 Å². The summed E-state index contributed by atoms with van der Waals surface area (Å²) >= 11 is 0. The van der Waals surface area contributed by atoms with Crippen LogP contribution < -0.4 is 23.7 Å². The van der Waals surface area contributed by atoms with E-state index in [1.54, 1.807) is 12.1 Å². The quantitative estimate of drug-likeness (QED) is 0.277. The van der Waals surface area contributed by atoms with Crippen LogP contribution in [-0.2, 0) is 0 Å². The van der Waals surface area contributed by atoms with Crippen molar-refractivity contribution in [3.63, 3.8) is 0 Å². The van der Waals surface area contributed by atoms with Crippen LogP contribution in [0.2, 0.25) is 0 Å². The van der Waals surface area contributed by atoms with Crippen molar-refractivity contribution in [2.24, 2.45) is 0 Å². The maximum atomic E-state index is 12.7. The molecule has 0 bridgehead atoms. The van der Waals surface area contributed by atoms with E-state index in [4.69, 9.17) is 23.7 Å². The van der Waals surface area contributed by atoms with Crippen molar-refractivity contribution in [2.45, 2.75) is 24.7 Å². The van der Waals surface area contributed by atoms with Crippen molar-refractivity contribution < 1.29 is 54.0 Å². The molecule has 0 fully saturated rings. The van der Waals surface area contributed by atoms with E-state index in [1.165, 1.54) is 45.6 Å². The van der Waals surface area contributed by atoms with Crippen molar-refractivity contribution in [1.82, 2.24) is 0 Å². The summed E-state index contributed by atoms with van der Waals surface area (Å²) in [6.45, 7) is -0.581. The molecule has 0 saturated carbocycles. The topological polar surface area (TPSA) is 164 Å². The summed E-state index contributed by atoms with van der Waals surface area (Å²) in [6, 6.07) is 9.69. The molecule has 11 heteroatoms. The Balaban J connectivity index is 1.66. The van der Waals surface area contributed by atoms with E-state index in [0.29, 0.717) is 11.1 Å². The molecule has 0 unspecified atom stereocenters. The van der Waals surface area contributed by atoms with Gasteiger partial charge in [-0.3, -0.25) is 4.79 Å². The number of phenols is 3. The molecule has 38 heavy (non-hydrogen) atoms. The highest BCUT2D eigenvalue weighted by Gasteiger charge is 2.33. The molecule has 0 aliphatic carbocycles. The predicted octanol–water partition coefficient (Wildman–Crippen LogP) is 3.01. The Labute approximate surface area is 218 Å². The van der Waals surface area contributed by atoms with E-state index < -0.39 is 24.9 Å². The van der Waals surface area contributed by atoms with Crippen LogP contribution in [0.5, 0.6) is 46.0 Å². The zero-order valence-electron chi connectivity index (χ0n) is 20.9. The van der Waals surface area contributed by atoms with E-state index in [1.807, 2.05) is 0 Å². The maximum Gasteiger partial charge on any atom is 0.204 e. The highest BCUT2D eigenvalue weighted by atomic mass is 16.6. The number of ether oxygens (including phenoxy) is 5. The largest absolute Gasteiger partial charge is 0.508 e. The molecule has 0 saturated heterocycles. The van der Waals surface area contributed by atoms with Crippen LogP contribution in [-0.4, -0.2) is 65.4 Å². The summed E-state index contributed by atoms with van der Waals surface area (Å²) < 4.78 is 27.9. The van der Waals surface area contributed by atoms with Gasteiger partial charge in [-0.05, 0) is 29.8 Å². The number of carbonyl (C=O) groups excluding carboxylic acids is 1. The number of fused-ring (bicyclic) bond motifs is 1. The molecular weight excluding hydrogens is 500 g/mol. The Morgan fingerprint density at radius 1 is 0.921 bits per heavy atom. The lowest BCUT2D eigenvalue weighted by Gasteiger charge is -2.28. The van der Waals surface area contributed by atoms with Crippen LogP contribution in [0, 0.1) is 0 Å². The normalized spacial score (nSPS) is 16.1. The van der Waals surface area contributed by atoms with Gasteiger partial charge in [0.05, 0.1) is 34.4 Å². The van der Waals surface area contributed by atoms with Gasteiger partial charge in [-0.1, -0.05) is 6.07 Å². The standard InChI is InChI=1S/C27H28O11/c1-34-20-6-13(4-5-16(20)30)26(33)24(12-28)38-27-22(35-2)7-14(8-23(27)36-3)19-11-18(32)25-17(31)9-15(29)10-21(25)37-19/h4-10,19,24,26,28-31,33H,11-12H2,1-3H3/t19-,24-,26-/m0/s1. The first kappa shape index (κ1) is 26.7. The van der Waals surface area contributed by atoms with Gasteiger partial charge in [0.25, 0.3) is 0 Å². The van der Waals surface area contributed by atoms with Gasteiger partial charge < -0.3 is 49.2 Å². The second kappa shape index (κ2) is 11.0. The van der Waals surface area contributed by atoms with Crippen molar-refractivity contribution in [3.8, 4) is 46.0 Å². The van der Waals surface area contributed by atoms with Gasteiger partial charge in [-0.2, -0.15) is 0 Å². The van der Waals surface area contributed by atoms with Crippen molar-refractivity contribution in [1.29, 1.82) is 0 Å². The molecule has 1 aliphatic heterocycles. The fourth-order valence-corrected chi connectivity index (χ4v) is 4.26. The Morgan fingerprint density at radius 3 is 2.18 bits per heavy atom. The van der Waals surface area contributed by atoms with Gasteiger partial charge in [0.2, 0.25) is 5.75 Å². The number of aliphatic hydroxyl groups is 2. The fourth-order valence-electron chi connectivity index (χ4n) is 4.26. The van der Waals surface area contributed by atoms with Crippen molar-refractivity contribution in [2.75, 3.05) is 27.9 Å². The third kappa shape index (κ3) is 5.06. The van der Waals surface area contributed by atoms with Crippen LogP contribution in [0.15, 0.2) is 42.5 Å². The second-order valence-corrected chi connectivity index (χ2v) is 8.54. The minimum absolute atomic E-state index is 0.0106. The predicted molar refractivity (Wildman–Crippen MR) is 133 cm³/mol. The average Bonchev–Trinajstić information content (AvgIpc) is 2.90. The summed E-state index contributed by atoms with van der Waals surface area (Å²) in [5.41, 5.74) is 0.799. The molecule has 202 valence electrons. The molecule has 3 aromatic rings. The maximum absolute atomic E-state index is 12.7. The molecular formula is C27H28O11. The SMILES string of the molecule is COc1cc([C@H](O)[C@H](CO)Oc2c(OC)cc([C@@H]3CC(=O)c4c(O)cc(O)cc4O3)cc2OC)ccc1O. The van der Waals surface area contributed by atoms with Gasteiger partial charge in [-0.25, -0.2) is 0 Å². The van der Waals surface area contributed by atoms with Crippen LogP contribution in [0.1, 0.15) is 40.1 Å². The van der Waals surface area contributed by atoms with Crippen LogP contribution in [0.3, 0.4) is 0 Å². The number of phenolic OH excluding ortho intramolecular Hbond substituents is 3. The number of benzene rings is 3. The van der Waals surface area contributed by atoms with E-state index in [0.717, 1.165) is 6.07 Å². The summed E-state index contributed by atoms with van der Waals surface area (Å²) in [6.07, 6.45) is -3.38. The molecule has 0 radical (unpaired) electrons. The van der Waals surface area contributed by atoms with Crippen molar-refractivity contribution in [3.05, 3.63) is 59.2 Å². The number of aromatic hydroxyl groups is 3. The monoisotopic (exact) mass is 528 g/mol. The zero-order chi connectivity index (χ0) is 27.6. The third-order valence-electron chi connectivity index (χ3n) is 6.19. The molecule has 5 N–H and O–H groups in total. The van der Waals surface area contributed by atoms with E-state index >= 15 is 0 Å². The molecule has 3 atom stereocenters. The Morgan fingerprint density at radius 2 is 1.58 bits per heavy atom. The van der Waals surface area contributed by atoms with Gasteiger partial charge in [0, 0.05) is 17.7 Å². The van der Waals surface area contributed by atoms with Crippen LogP contribution in [0.4, 0.5) is 0 Å². The summed E-state index contributed by atoms with van der Waals surface area (Å²) in [4.78, 5) is 12.7. The number of ketones is 1. The lowest BCUT2D eigenvalue weighted by molar-refractivity contribution is -0.00180. The van der Waals surface area contributed by atoms with Gasteiger partial charge in [-0.15, -0.1) is 0 Å². The first-order valence-electron chi connectivity index (χ1n) is 11.5. The average molecular weight is 529 g/mol. The number of methoxy groups -OCH3 is 3. The smallest absolute Gasteiger partial charge is 0.204 e. The molecule has 0 amide bonds. The number of hydrogen-bond donors (Lipinski definition) is 5. The Bertz CT molecular complexity index is 1310. The Kier molecular flexibility index (Phi) is 7.70. The number of aliphatic hydroxyl groups excluding tert-OH is 2. The second-order valence-electron chi connectivity index (χ2n) is 8.54. The molecule has 3 aromatic carbocycles.